The predicted molar refractivity (Wildman–Crippen MR) is 213 cm³/mol. The van der Waals surface area contributed by atoms with Crippen LogP contribution in [0.4, 0.5) is 0 Å². The second-order valence-corrected chi connectivity index (χ2v) is 15.6. The zero-order valence-corrected chi connectivity index (χ0v) is 34.5. The molecule has 2 unspecified atom stereocenters. The smallest absolute Gasteiger partial charge is 0.306 e. The van der Waals surface area contributed by atoms with Crippen LogP contribution in [0, 0.1) is 0 Å². The van der Waals surface area contributed by atoms with E-state index in [4.69, 9.17) is 14.2 Å². The van der Waals surface area contributed by atoms with Gasteiger partial charge in [-0.05, 0) is 38.5 Å². The van der Waals surface area contributed by atoms with Crippen LogP contribution in [0.5, 0.6) is 0 Å². The molecule has 0 radical (unpaired) electrons. The largest absolute Gasteiger partial charge is 0.544 e. The Balaban J connectivity index is 4.25. The molecule has 0 aromatic rings. The Labute approximate surface area is 320 Å². The highest BCUT2D eigenvalue weighted by Gasteiger charge is 2.25. The lowest BCUT2D eigenvalue weighted by Crippen LogP contribution is -2.55. The van der Waals surface area contributed by atoms with Crippen molar-refractivity contribution in [2.75, 3.05) is 41.0 Å². The molecule has 0 aliphatic heterocycles. The van der Waals surface area contributed by atoms with Crippen LogP contribution in [0.3, 0.4) is 0 Å². The first-order chi connectivity index (χ1) is 25.1. The molecule has 8 heteroatoms. The molecular weight excluding hydrogens is 654 g/mol. The van der Waals surface area contributed by atoms with E-state index in [2.05, 4.69) is 38.2 Å². The molecule has 0 rings (SSSR count). The van der Waals surface area contributed by atoms with Crippen LogP contribution in [-0.4, -0.2) is 75.5 Å². The van der Waals surface area contributed by atoms with Gasteiger partial charge in [0, 0.05) is 19.3 Å². The molecule has 2 atom stereocenters. The SMILES string of the molecule is CCCCCC/C=C/C=C/CCCCCCCCCCCCC(=O)OC(COCCC(C(=O)[O-])[N+](C)(C)C)COC(=O)CCCCCCCCCC. The van der Waals surface area contributed by atoms with Crippen LogP contribution in [0.2, 0.25) is 0 Å². The summed E-state index contributed by atoms with van der Waals surface area (Å²) in [5.74, 6) is -1.74. The molecule has 0 aromatic carbocycles. The van der Waals surface area contributed by atoms with Gasteiger partial charge >= 0.3 is 11.9 Å². The van der Waals surface area contributed by atoms with Gasteiger partial charge in [-0.2, -0.15) is 0 Å². The Morgan fingerprint density at radius 1 is 0.577 bits per heavy atom. The number of hydrogen-bond donors (Lipinski definition) is 0. The molecule has 0 aromatic heterocycles. The molecule has 0 saturated heterocycles. The van der Waals surface area contributed by atoms with Gasteiger partial charge in [-0.15, -0.1) is 0 Å². The van der Waals surface area contributed by atoms with E-state index in [1.807, 2.05) is 0 Å². The molecule has 0 aliphatic carbocycles. The fourth-order valence-electron chi connectivity index (χ4n) is 6.24. The summed E-state index contributed by atoms with van der Waals surface area (Å²) in [5, 5.41) is 11.6. The van der Waals surface area contributed by atoms with Crippen molar-refractivity contribution in [1.82, 2.24) is 0 Å². The molecule has 0 saturated carbocycles. The lowest BCUT2D eigenvalue weighted by molar-refractivity contribution is -0.889. The standard InChI is InChI=1S/C44H81NO7/c1-6-8-10-12-14-16-17-18-19-20-21-22-23-24-25-26-27-29-31-33-35-43(47)52-40(38-50-37-36-41(44(48)49)45(3,4)5)39-51-42(46)34-32-30-28-15-13-11-9-7-2/h16-19,40-41H,6-15,20-39H2,1-5H3/b17-16+,19-18+. The van der Waals surface area contributed by atoms with Gasteiger partial charge in [0.25, 0.3) is 0 Å². The van der Waals surface area contributed by atoms with Gasteiger partial charge in [-0.1, -0.05) is 154 Å². The first kappa shape index (κ1) is 49.8. The van der Waals surface area contributed by atoms with E-state index in [-0.39, 0.29) is 42.7 Å². The molecule has 304 valence electrons. The molecule has 0 spiro atoms. The van der Waals surface area contributed by atoms with Crippen molar-refractivity contribution in [3.05, 3.63) is 24.3 Å². The molecule has 0 heterocycles. The van der Waals surface area contributed by atoms with Crippen molar-refractivity contribution < 1.29 is 38.2 Å². The summed E-state index contributed by atoms with van der Waals surface area (Å²) in [7, 11) is 5.40. The number of rotatable bonds is 38. The van der Waals surface area contributed by atoms with E-state index in [0.29, 0.717) is 12.8 Å². The Morgan fingerprint density at radius 3 is 1.46 bits per heavy atom. The van der Waals surface area contributed by atoms with Crippen molar-refractivity contribution in [2.45, 2.75) is 199 Å². The lowest BCUT2D eigenvalue weighted by Gasteiger charge is -2.34. The third-order valence-corrected chi connectivity index (χ3v) is 9.62. The number of carbonyl (C=O) groups excluding carboxylic acids is 3. The second kappa shape index (κ2) is 35.8. The third-order valence-electron chi connectivity index (χ3n) is 9.62. The molecule has 0 bridgehead atoms. The summed E-state index contributed by atoms with van der Waals surface area (Å²) in [6, 6.07) is -0.722. The van der Waals surface area contributed by atoms with Crippen LogP contribution in [0.25, 0.3) is 0 Å². The number of carbonyl (C=O) groups is 3. The summed E-state index contributed by atoms with van der Waals surface area (Å²) in [5.41, 5.74) is 0. The average molecular weight is 736 g/mol. The normalized spacial score (nSPS) is 13.2. The summed E-state index contributed by atoms with van der Waals surface area (Å²) in [6.45, 7) is 4.61. The van der Waals surface area contributed by atoms with Gasteiger partial charge in [-0.25, -0.2) is 0 Å². The zero-order chi connectivity index (χ0) is 38.5. The van der Waals surface area contributed by atoms with Crippen LogP contribution in [0.15, 0.2) is 24.3 Å². The van der Waals surface area contributed by atoms with Gasteiger partial charge in [0.2, 0.25) is 0 Å². The highest BCUT2D eigenvalue weighted by atomic mass is 16.6. The number of allylic oxidation sites excluding steroid dienone is 4. The minimum absolute atomic E-state index is 0.0426. The highest BCUT2D eigenvalue weighted by molar-refractivity contribution is 5.70. The van der Waals surface area contributed by atoms with E-state index in [1.54, 1.807) is 21.1 Å². The highest BCUT2D eigenvalue weighted by Crippen LogP contribution is 2.14. The van der Waals surface area contributed by atoms with Crippen molar-refractivity contribution in [1.29, 1.82) is 0 Å². The van der Waals surface area contributed by atoms with Gasteiger partial charge in [-0.3, -0.25) is 9.59 Å². The molecule has 0 aliphatic rings. The van der Waals surface area contributed by atoms with Crippen LogP contribution in [-0.2, 0) is 28.6 Å². The minimum Gasteiger partial charge on any atom is -0.544 e. The Kier molecular flexibility index (Phi) is 34.3. The van der Waals surface area contributed by atoms with Gasteiger partial charge in [0.15, 0.2) is 6.10 Å². The summed E-state index contributed by atoms with van der Waals surface area (Å²) in [6.07, 6.45) is 37.8. The molecule has 0 N–H and O–H groups in total. The first-order valence-corrected chi connectivity index (χ1v) is 21.4. The zero-order valence-electron chi connectivity index (χ0n) is 34.5. The maximum absolute atomic E-state index is 12.7. The number of carboxylic acid groups (broad SMARTS) is 1. The number of likely N-dealkylation sites (N-methyl/N-ethyl adjacent to an activating group) is 1. The first-order valence-electron chi connectivity index (χ1n) is 21.4. The summed E-state index contributed by atoms with van der Waals surface area (Å²) in [4.78, 5) is 36.7. The van der Waals surface area contributed by atoms with Crippen molar-refractivity contribution in [3.63, 3.8) is 0 Å². The van der Waals surface area contributed by atoms with E-state index >= 15 is 0 Å². The molecule has 0 amide bonds. The summed E-state index contributed by atoms with van der Waals surface area (Å²) >= 11 is 0. The number of ether oxygens (including phenoxy) is 3. The van der Waals surface area contributed by atoms with Crippen LogP contribution < -0.4 is 5.11 Å². The monoisotopic (exact) mass is 736 g/mol. The third kappa shape index (κ3) is 33.6. The maximum atomic E-state index is 12.7. The van der Waals surface area contributed by atoms with Crippen molar-refractivity contribution in [2.24, 2.45) is 0 Å². The van der Waals surface area contributed by atoms with Gasteiger partial charge in [0.1, 0.15) is 12.6 Å². The maximum Gasteiger partial charge on any atom is 0.306 e. The minimum atomic E-state index is -1.13. The number of unbranched alkanes of at least 4 members (excludes halogenated alkanes) is 21. The van der Waals surface area contributed by atoms with Crippen molar-refractivity contribution >= 4 is 17.9 Å². The number of aliphatic carboxylic acids is 1. The van der Waals surface area contributed by atoms with E-state index in [0.717, 1.165) is 38.5 Å². The number of nitrogens with zero attached hydrogens (tertiary/aromatic N) is 1. The fourth-order valence-corrected chi connectivity index (χ4v) is 6.24. The average Bonchev–Trinajstić information content (AvgIpc) is 3.09. The lowest BCUT2D eigenvalue weighted by atomic mass is 10.1. The van der Waals surface area contributed by atoms with Gasteiger partial charge in [0.05, 0.1) is 40.3 Å². The molecule has 52 heavy (non-hydrogen) atoms. The Hall–Kier alpha value is -2.19. The number of esters is 2. The summed E-state index contributed by atoms with van der Waals surface area (Å²) < 4.78 is 17.1. The second-order valence-electron chi connectivity index (χ2n) is 15.6. The quantitative estimate of drug-likeness (QED) is 0.0269. The number of carboxylic acids is 1. The van der Waals surface area contributed by atoms with E-state index < -0.39 is 18.1 Å². The van der Waals surface area contributed by atoms with E-state index in [1.165, 1.54) is 116 Å². The Bertz CT molecular complexity index is 911. The van der Waals surface area contributed by atoms with Crippen LogP contribution >= 0.6 is 0 Å². The van der Waals surface area contributed by atoms with E-state index in [9.17, 15) is 19.5 Å². The molecule has 0 fully saturated rings. The topological polar surface area (TPSA) is 102 Å². The van der Waals surface area contributed by atoms with Gasteiger partial charge < -0.3 is 28.6 Å². The van der Waals surface area contributed by atoms with Crippen molar-refractivity contribution in [3.8, 4) is 0 Å². The molecule has 8 nitrogen and oxygen atoms in total. The van der Waals surface area contributed by atoms with Crippen LogP contribution in [0.1, 0.15) is 187 Å². The number of quaternary nitrogens is 1. The number of hydrogen-bond acceptors (Lipinski definition) is 7. The predicted octanol–water partition coefficient (Wildman–Crippen LogP) is 9.97. The fraction of sp³-hybridized carbons (Fsp3) is 0.841. The Morgan fingerprint density at radius 2 is 1.00 bits per heavy atom. The molecular formula is C44H81NO7.